The van der Waals surface area contributed by atoms with Gasteiger partial charge in [-0.2, -0.15) is 0 Å². The lowest BCUT2D eigenvalue weighted by Gasteiger charge is -2.34. The monoisotopic (exact) mass is 368 g/mol. The molecule has 2 rings (SSSR count). The van der Waals surface area contributed by atoms with Gasteiger partial charge in [-0.1, -0.05) is 18.2 Å². The summed E-state index contributed by atoms with van der Waals surface area (Å²) in [4.78, 5) is 12.2. The normalized spacial score (nSPS) is 24.6. The van der Waals surface area contributed by atoms with Crippen LogP contribution < -0.4 is 11.1 Å². The van der Waals surface area contributed by atoms with E-state index in [1.54, 1.807) is 51.1 Å². The Bertz CT molecular complexity index is 683. The van der Waals surface area contributed by atoms with Crippen LogP contribution >= 0.6 is 0 Å². The molecule has 0 radical (unpaired) electrons. The maximum atomic E-state index is 12.6. The number of alkyl carbamates (subject to hydrolysis) is 1. The number of rotatable bonds is 4. The molecule has 1 saturated carbocycles. The molecule has 1 fully saturated rings. The average Bonchev–Trinajstić information content (AvgIpc) is 2.49. The van der Waals surface area contributed by atoms with E-state index in [9.17, 15) is 13.2 Å². The maximum Gasteiger partial charge on any atom is 0.407 e. The zero-order chi connectivity index (χ0) is 18.7. The number of nitrogens with two attached hydrogens (primary N) is 1. The van der Waals surface area contributed by atoms with E-state index >= 15 is 0 Å². The Labute approximate surface area is 150 Å². The van der Waals surface area contributed by atoms with Crippen LogP contribution in [0.25, 0.3) is 0 Å². The van der Waals surface area contributed by atoms with Crippen LogP contribution in [-0.2, 0) is 14.6 Å². The van der Waals surface area contributed by atoms with Crippen LogP contribution in [0.1, 0.15) is 40.0 Å². The molecule has 0 bridgehead atoms. The summed E-state index contributed by atoms with van der Waals surface area (Å²) in [5.41, 5.74) is 5.59. The van der Waals surface area contributed by atoms with Gasteiger partial charge in [0.05, 0.1) is 10.6 Å². The van der Waals surface area contributed by atoms with Crippen LogP contribution in [0.5, 0.6) is 0 Å². The molecule has 1 aromatic rings. The average molecular weight is 368 g/mol. The van der Waals surface area contributed by atoms with E-state index in [1.165, 1.54) is 0 Å². The first-order valence-electron chi connectivity index (χ1n) is 8.60. The van der Waals surface area contributed by atoms with Gasteiger partial charge in [0.1, 0.15) is 5.60 Å². The van der Waals surface area contributed by atoms with Crippen molar-refractivity contribution in [2.24, 2.45) is 11.7 Å². The fourth-order valence-electron chi connectivity index (χ4n) is 3.09. The van der Waals surface area contributed by atoms with Gasteiger partial charge in [0.15, 0.2) is 9.84 Å². The van der Waals surface area contributed by atoms with Crippen molar-refractivity contribution < 1.29 is 17.9 Å². The van der Waals surface area contributed by atoms with Crippen molar-refractivity contribution in [2.75, 3.05) is 5.75 Å². The molecule has 0 saturated heterocycles. The third-order valence-corrected chi connectivity index (χ3v) is 6.16. The van der Waals surface area contributed by atoms with Crippen molar-refractivity contribution >= 4 is 15.9 Å². The summed E-state index contributed by atoms with van der Waals surface area (Å²) >= 11 is 0. The lowest BCUT2D eigenvalue weighted by atomic mass is 9.83. The quantitative estimate of drug-likeness (QED) is 0.851. The lowest BCUT2D eigenvalue weighted by Crippen LogP contribution is -2.48. The Morgan fingerprint density at radius 1 is 1.24 bits per heavy atom. The Morgan fingerprint density at radius 3 is 2.48 bits per heavy atom. The molecule has 3 atom stereocenters. The summed E-state index contributed by atoms with van der Waals surface area (Å²) in [6.45, 7) is 5.41. The first-order valence-corrected chi connectivity index (χ1v) is 10.2. The second-order valence-corrected chi connectivity index (χ2v) is 9.71. The van der Waals surface area contributed by atoms with E-state index in [4.69, 9.17) is 10.5 Å². The fraction of sp³-hybridized carbons (Fsp3) is 0.611. The highest BCUT2D eigenvalue weighted by molar-refractivity contribution is 7.91. The molecule has 6 nitrogen and oxygen atoms in total. The van der Waals surface area contributed by atoms with Crippen LogP contribution in [0.2, 0.25) is 0 Å². The smallest absolute Gasteiger partial charge is 0.407 e. The molecule has 0 unspecified atom stereocenters. The van der Waals surface area contributed by atoms with Crippen LogP contribution in [0.15, 0.2) is 35.2 Å². The van der Waals surface area contributed by atoms with Gasteiger partial charge < -0.3 is 15.8 Å². The van der Waals surface area contributed by atoms with Gasteiger partial charge in [-0.25, -0.2) is 13.2 Å². The summed E-state index contributed by atoms with van der Waals surface area (Å²) in [5, 5.41) is 2.84. The molecule has 25 heavy (non-hydrogen) atoms. The summed E-state index contributed by atoms with van der Waals surface area (Å²) in [5.74, 6) is -0.205. The van der Waals surface area contributed by atoms with E-state index < -0.39 is 21.5 Å². The summed E-state index contributed by atoms with van der Waals surface area (Å²) < 4.78 is 30.5. The van der Waals surface area contributed by atoms with Gasteiger partial charge in [0.2, 0.25) is 0 Å². The number of ether oxygens (including phenoxy) is 1. The number of benzene rings is 1. The Balaban J connectivity index is 2.00. The number of hydrogen-bond acceptors (Lipinski definition) is 5. The molecule has 1 aliphatic rings. The predicted molar refractivity (Wildman–Crippen MR) is 97.0 cm³/mol. The van der Waals surface area contributed by atoms with E-state index in [1.807, 2.05) is 0 Å². The van der Waals surface area contributed by atoms with Crippen molar-refractivity contribution in [1.82, 2.24) is 5.32 Å². The Hall–Kier alpha value is -1.60. The number of carbonyl (C=O) groups is 1. The van der Waals surface area contributed by atoms with Gasteiger partial charge in [-0.05, 0) is 58.1 Å². The van der Waals surface area contributed by atoms with Crippen LogP contribution in [-0.4, -0.2) is 37.9 Å². The first kappa shape index (κ1) is 19.7. The van der Waals surface area contributed by atoms with E-state index in [0.717, 1.165) is 6.42 Å². The van der Waals surface area contributed by atoms with Gasteiger partial charge in [-0.15, -0.1) is 0 Å². The number of sulfone groups is 1. The third kappa shape index (κ3) is 6.01. The van der Waals surface area contributed by atoms with Crippen LogP contribution in [0, 0.1) is 5.92 Å². The molecule has 0 aromatic heterocycles. The van der Waals surface area contributed by atoms with Gasteiger partial charge in [0.25, 0.3) is 0 Å². The predicted octanol–water partition coefficient (Wildman–Crippen LogP) is 2.48. The molecular formula is C18H28N2O4S. The van der Waals surface area contributed by atoms with Gasteiger partial charge >= 0.3 is 6.09 Å². The highest BCUT2D eigenvalue weighted by atomic mass is 32.2. The zero-order valence-electron chi connectivity index (χ0n) is 15.1. The Morgan fingerprint density at radius 2 is 1.88 bits per heavy atom. The van der Waals surface area contributed by atoms with Crippen LogP contribution in [0.4, 0.5) is 4.79 Å². The first-order chi connectivity index (χ1) is 11.6. The SMILES string of the molecule is CC(C)(C)OC(=O)N[C@@H]1CC[C@H](N)[C@H](CS(=O)(=O)c2ccccc2)C1. The summed E-state index contributed by atoms with van der Waals surface area (Å²) in [6.07, 6.45) is 1.46. The van der Waals surface area contributed by atoms with E-state index in [2.05, 4.69) is 5.32 Å². The zero-order valence-corrected chi connectivity index (χ0v) is 15.9. The molecule has 0 aliphatic heterocycles. The maximum absolute atomic E-state index is 12.6. The highest BCUT2D eigenvalue weighted by Gasteiger charge is 2.33. The minimum absolute atomic E-state index is 0.00925. The van der Waals surface area contributed by atoms with Crippen molar-refractivity contribution in [3.05, 3.63) is 30.3 Å². The third-order valence-electron chi connectivity index (χ3n) is 4.30. The summed E-state index contributed by atoms with van der Waals surface area (Å²) in [7, 11) is -3.40. The van der Waals surface area contributed by atoms with Crippen molar-refractivity contribution in [1.29, 1.82) is 0 Å². The van der Waals surface area contributed by atoms with Gasteiger partial charge in [-0.3, -0.25) is 0 Å². The number of nitrogens with one attached hydrogen (secondary N) is 1. The second kappa shape index (κ2) is 7.74. The van der Waals surface area contributed by atoms with E-state index in [-0.39, 0.29) is 23.8 Å². The highest BCUT2D eigenvalue weighted by Crippen LogP contribution is 2.27. The largest absolute Gasteiger partial charge is 0.444 e. The standard InChI is InChI=1S/C18H28N2O4S/c1-18(2,3)24-17(21)20-14-9-10-16(19)13(11-14)12-25(22,23)15-7-5-4-6-8-15/h4-8,13-14,16H,9-12,19H2,1-3H3,(H,20,21)/t13-,14+,16-/m0/s1. The molecular weight excluding hydrogens is 340 g/mol. The van der Waals surface area contributed by atoms with Crippen molar-refractivity contribution in [3.8, 4) is 0 Å². The minimum Gasteiger partial charge on any atom is -0.444 e. The molecule has 0 spiro atoms. The number of amides is 1. The lowest BCUT2D eigenvalue weighted by molar-refractivity contribution is 0.0483. The van der Waals surface area contributed by atoms with Crippen molar-refractivity contribution in [2.45, 2.75) is 62.6 Å². The molecule has 140 valence electrons. The topological polar surface area (TPSA) is 98.5 Å². The molecule has 3 N–H and O–H groups in total. The number of hydrogen-bond donors (Lipinski definition) is 2. The van der Waals surface area contributed by atoms with Gasteiger partial charge in [0, 0.05) is 12.1 Å². The molecule has 7 heteroatoms. The Kier molecular flexibility index (Phi) is 6.11. The number of carbonyl (C=O) groups excluding carboxylic acids is 1. The molecule has 1 amide bonds. The molecule has 1 aromatic carbocycles. The summed E-state index contributed by atoms with van der Waals surface area (Å²) in [6, 6.07) is 8.09. The molecule has 1 aliphatic carbocycles. The second-order valence-electron chi connectivity index (χ2n) is 7.67. The van der Waals surface area contributed by atoms with Crippen molar-refractivity contribution in [3.63, 3.8) is 0 Å². The fourth-order valence-corrected chi connectivity index (χ4v) is 4.80. The molecule has 0 heterocycles. The van der Waals surface area contributed by atoms with Crippen LogP contribution in [0.3, 0.4) is 0 Å². The minimum atomic E-state index is -3.40. The van der Waals surface area contributed by atoms with E-state index in [0.29, 0.717) is 17.7 Å².